The van der Waals surface area contributed by atoms with Gasteiger partial charge in [-0.05, 0) is 19.1 Å². The summed E-state index contributed by atoms with van der Waals surface area (Å²) in [4.78, 5) is 15.1. The molecule has 0 saturated carbocycles. The number of para-hydroxylation sites is 1. The van der Waals surface area contributed by atoms with Gasteiger partial charge in [0.2, 0.25) is 0 Å². The van der Waals surface area contributed by atoms with Crippen molar-refractivity contribution in [1.29, 1.82) is 0 Å². The number of nitrogens with zero attached hydrogens (tertiary/aromatic N) is 3. The lowest BCUT2D eigenvalue weighted by molar-refractivity contribution is 0.0696. The van der Waals surface area contributed by atoms with Crippen molar-refractivity contribution in [2.75, 3.05) is 7.11 Å². The van der Waals surface area contributed by atoms with Crippen molar-refractivity contribution < 1.29 is 14.6 Å². The van der Waals surface area contributed by atoms with Gasteiger partial charge < -0.3 is 9.84 Å². The van der Waals surface area contributed by atoms with Crippen molar-refractivity contribution in [1.82, 2.24) is 14.8 Å². The van der Waals surface area contributed by atoms with Crippen LogP contribution in [0.4, 0.5) is 0 Å². The minimum Gasteiger partial charge on any atom is -0.478 e. The summed E-state index contributed by atoms with van der Waals surface area (Å²) in [7, 11) is 1.46. The highest BCUT2D eigenvalue weighted by Gasteiger charge is 2.16. The summed E-state index contributed by atoms with van der Waals surface area (Å²) >= 11 is 0. The van der Waals surface area contributed by atoms with Crippen molar-refractivity contribution in [3.8, 4) is 11.7 Å². The van der Waals surface area contributed by atoms with E-state index in [1.165, 1.54) is 17.9 Å². The van der Waals surface area contributed by atoms with Crippen LogP contribution in [0.5, 0.6) is 6.01 Å². The van der Waals surface area contributed by atoms with E-state index in [0.717, 1.165) is 0 Å². The van der Waals surface area contributed by atoms with Crippen LogP contribution >= 0.6 is 0 Å². The van der Waals surface area contributed by atoms with Crippen LogP contribution in [0.2, 0.25) is 0 Å². The van der Waals surface area contributed by atoms with Crippen molar-refractivity contribution in [2.45, 2.75) is 6.92 Å². The Kier molecular flexibility index (Phi) is 2.78. The largest absolute Gasteiger partial charge is 0.478 e. The summed E-state index contributed by atoms with van der Waals surface area (Å²) in [6.07, 6.45) is 0. The molecule has 1 aromatic carbocycles. The van der Waals surface area contributed by atoms with E-state index in [4.69, 9.17) is 9.84 Å². The Bertz CT molecular complexity index is 563. The predicted molar refractivity (Wildman–Crippen MR) is 59.6 cm³/mol. The van der Waals surface area contributed by atoms with Crippen LogP contribution in [0.15, 0.2) is 24.3 Å². The molecular formula is C11H11N3O3. The molecule has 0 aliphatic heterocycles. The number of ether oxygens (including phenoxy) is 1. The van der Waals surface area contributed by atoms with Gasteiger partial charge in [0.1, 0.15) is 0 Å². The van der Waals surface area contributed by atoms with Gasteiger partial charge in [0.15, 0.2) is 5.82 Å². The molecule has 2 rings (SSSR count). The van der Waals surface area contributed by atoms with E-state index in [-0.39, 0.29) is 11.6 Å². The molecule has 0 atom stereocenters. The molecule has 0 unspecified atom stereocenters. The molecule has 0 bridgehead atoms. The smallest absolute Gasteiger partial charge is 0.337 e. The molecule has 0 saturated heterocycles. The monoisotopic (exact) mass is 233 g/mol. The van der Waals surface area contributed by atoms with E-state index in [9.17, 15) is 4.79 Å². The molecule has 1 heterocycles. The topological polar surface area (TPSA) is 77.2 Å². The van der Waals surface area contributed by atoms with E-state index < -0.39 is 5.97 Å². The molecule has 6 heteroatoms. The van der Waals surface area contributed by atoms with Crippen LogP contribution in [0, 0.1) is 6.92 Å². The fraction of sp³-hybridized carbons (Fsp3) is 0.182. The summed E-state index contributed by atoms with van der Waals surface area (Å²) in [6.45, 7) is 1.71. The quantitative estimate of drug-likeness (QED) is 0.864. The minimum absolute atomic E-state index is 0.149. The minimum atomic E-state index is -1.02. The lowest BCUT2D eigenvalue weighted by atomic mass is 10.2. The van der Waals surface area contributed by atoms with Crippen molar-refractivity contribution in [3.63, 3.8) is 0 Å². The van der Waals surface area contributed by atoms with Gasteiger partial charge in [0.25, 0.3) is 0 Å². The first kappa shape index (κ1) is 11.1. The molecule has 0 fully saturated rings. The van der Waals surface area contributed by atoms with Crippen LogP contribution in [0.3, 0.4) is 0 Å². The average Bonchev–Trinajstić information content (AvgIpc) is 2.70. The highest BCUT2D eigenvalue weighted by Crippen LogP contribution is 2.19. The fourth-order valence-electron chi connectivity index (χ4n) is 1.52. The maximum absolute atomic E-state index is 11.1. The Balaban J connectivity index is 2.63. The second-order valence-corrected chi connectivity index (χ2v) is 3.38. The number of hydrogen-bond donors (Lipinski definition) is 1. The van der Waals surface area contributed by atoms with Crippen LogP contribution in [-0.4, -0.2) is 33.0 Å². The van der Waals surface area contributed by atoms with Crippen molar-refractivity contribution >= 4 is 5.97 Å². The van der Waals surface area contributed by atoms with Gasteiger partial charge in [-0.15, -0.1) is 5.10 Å². The van der Waals surface area contributed by atoms with E-state index >= 15 is 0 Å². The Hall–Kier alpha value is -2.37. The first-order chi connectivity index (χ1) is 8.13. The number of aromatic carboxylic acids is 1. The van der Waals surface area contributed by atoms with Crippen molar-refractivity contribution in [3.05, 3.63) is 35.7 Å². The molecule has 88 valence electrons. The third-order valence-electron chi connectivity index (χ3n) is 2.23. The van der Waals surface area contributed by atoms with Crippen LogP contribution < -0.4 is 4.74 Å². The zero-order valence-electron chi connectivity index (χ0n) is 9.41. The zero-order chi connectivity index (χ0) is 12.4. The van der Waals surface area contributed by atoms with Gasteiger partial charge in [-0.2, -0.15) is 9.67 Å². The fourth-order valence-corrected chi connectivity index (χ4v) is 1.52. The van der Waals surface area contributed by atoms with Gasteiger partial charge in [-0.25, -0.2) is 4.79 Å². The second-order valence-electron chi connectivity index (χ2n) is 3.38. The molecule has 0 aliphatic carbocycles. The van der Waals surface area contributed by atoms with E-state index in [1.807, 2.05) is 0 Å². The third-order valence-corrected chi connectivity index (χ3v) is 2.23. The molecule has 1 aromatic heterocycles. The normalized spacial score (nSPS) is 10.2. The number of benzene rings is 1. The SMILES string of the molecule is COc1nc(C)nn1-c1ccccc1C(=O)O. The molecule has 0 aliphatic rings. The number of aryl methyl sites for hydroxylation is 1. The van der Waals surface area contributed by atoms with Crippen molar-refractivity contribution in [2.24, 2.45) is 0 Å². The molecule has 17 heavy (non-hydrogen) atoms. The Labute approximate surface area is 97.5 Å². The lowest BCUT2D eigenvalue weighted by Crippen LogP contribution is -2.07. The van der Waals surface area contributed by atoms with Crippen LogP contribution in [-0.2, 0) is 0 Å². The number of carbonyl (C=O) groups is 1. The Morgan fingerprint density at radius 1 is 1.41 bits per heavy atom. The number of carboxylic acid groups (broad SMARTS) is 1. The molecule has 0 spiro atoms. The molecule has 1 N–H and O–H groups in total. The zero-order valence-corrected chi connectivity index (χ0v) is 9.41. The van der Waals surface area contributed by atoms with Gasteiger partial charge >= 0.3 is 12.0 Å². The highest BCUT2D eigenvalue weighted by atomic mass is 16.5. The second kappa shape index (κ2) is 4.25. The number of carboxylic acids is 1. The summed E-state index contributed by atoms with van der Waals surface area (Å²) in [6, 6.07) is 6.81. The number of rotatable bonds is 3. The van der Waals surface area contributed by atoms with E-state index in [2.05, 4.69) is 10.1 Å². The predicted octanol–water partition coefficient (Wildman–Crippen LogP) is 1.28. The molecule has 2 aromatic rings. The van der Waals surface area contributed by atoms with Gasteiger partial charge in [-0.1, -0.05) is 12.1 Å². The molecule has 6 nitrogen and oxygen atoms in total. The summed E-state index contributed by atoms with van der Waals surface area (Å²) < 4.78 is 6.43. The standard InChI is InChI=1S/C11H11N3O3/c1-7-12-11(17-2)14(13-7)9-6-4-3-5-8(9)10(15)16/h3-6H,1-2H3,(H,15,16). The molecule has 0 radical (unpaired) electrons. The maximum atomic E-state index is 11.1. The first-order valence-corrected chi connectivity index (χ1v) is 4.94. The van der Waals surface area contributed by atoms with Gasteiger partial charge in [0.05, 0.1) is 18.4 Å². The average molecular weight is 233 g/mol. The van der Waals surface area contributed by atoms with Gasteiger partial charge in [-0.3, -0.25) is 0 Å². The summed E-state index contributed by atoms with van der Waals surface area (Å²) in [5, 5.41) is 13.2. The molecular weight excluding hydrogens is 222 g/mol. The number of methoxy groups -OCH3 is 1. The van der Waals surface area contributed by atoms with E-state index in [0.29, 0.717) is 11.5 Å². The molecule has 0 amide bonds. The summed E-state index contributed by atoms with van der Waals surface area (Å²) in [5.74, 6) is -0.502. The Morgan fingerprint density at radius 3 is 2.76 bits per heavy atom. The lowest BCUT2D eigenvalue weighted by Gasteiger charge is -2.07. The van der Waals surface area contributed by atoms with E-state index in [1.54, 1.807) is 25.1 Å². The number of aromatic nitrogens is 3. The maximum Gasteiger partial charge on any atom is 0.337 e. The van der Waals surface area contributed by atoms with Crippen LogP contribution in [0.25, 0.3) is 5.69 Å². The third kappa shape index (κ3) is 1.96. The Morgan fingerprint density at radius 2 is 2.12 bits per heavy atom. The van der Waals surface area contributed by atoms with Crippen LogP contribution in [0.1, 0.15) is 16.2 Å². The summed E-state index contributed by atoms with van der Waals surface area (Å²) in [5.41, 5.74) is 0.577. The first-order valence-electron chi connectivity index (χ1n) is 4.94. The highest BCUT2D eigenvalue weighted by molar-refractivity contribution is 5.91. The van der Waals surface area contributed by atoms with Gasteiger partial charge in [0, 0.05) is 0 Å². The number of hydrogen-bond acceptors (Lipinski definition) is 4.